The second kappa shape index (κ2) is 33.2. The first-order valence-corrected chi connectivity index (χ1v) is 8.45. The molecule has 0 saturated carbocycles. The van der Waals surface area contributed by atoms with E-state index in [9.17, 15) is 0 Å². The molecule has 22 heavy (non-hydrogen) atoms. The molecule has 0 saturated heterocycles. The van der Waals surface area contributed by atoms with Crippen LogP contribution in [0.4, 0.5) is 0 Å². The third-order valence-corrected chi connectivity index (χ3v) is 2.23. The Morgan fingerprint density at radius 1 is 0.591 bits per heavy atom. The van der Waals surface area contributed by atoms with E-state index in [1.165, 1.54) is 0 Å². The normalized spacial score (nSPS) is 9.00. The molecule has 0 heterocycles. The zero-order chi connectivity index (χ0) is 17.6. The van der Waals surface area contributed by atoms with E-state index in [0.29, 0.717) is 0 Å². The van der Waals surface area contributed by atoms with Gasteiger partial charge in [0.1, 0.15) is 0 Å². The smallest absolute Gasteiger partial charge is 0 e. The first-order chi connectivity index (χ1) is 9.80. The summed E-state index contributed by atoms with van der Waals surface area (Å²) in [6, 6.07) is 0. The molecule has 0 aromatic heterocycles. The first-order valence-electron chi connectivity index (χ1n) is 8.45. The van der Waals surface area contributed by atoms with E-state index < -0.39 is 0 Å². The topological polar surface area (TPSA) is 66.1 Å². The summed E-state index contributed by atoms with van der Waals surface area (Å²) in [7, 11) is 0. The van der Waals surface area contributed by atoms with Crippen LogP contribution in [0.25, 0.3) is 21.7 Å². The molecule has 0 unspecified atom stereocenters. The minimum Gasteiger partial charge on any atom is -0.672 e. The summed E-state index contributed by atoms with van der Waals surface area (Å²) < 4.78 is 0. The molecule has 0 rings (SSSR count). The number of nitrogens with one attached hydrogen (secondary N) is 1. The van der Waals surface area contributed by atoms with Crippen molar-refractivity contribution in [3.63, 3.8) is 0 Å². The molecule has 0 atom stereocenters. The third-order valence-electron chi connectivity index (χ3n) is 2.23. The van der Waals surface area contributed by atoms with Crippen LogP contribution >= 0.6 is 0 Å². The summed E-state index contributed by atoms with van der Waals surface area (Å²) in [6.07, 6.45) is 0.938. The van der Waals surface area contributed by atoms with Crippen molar-refractivity contribution in [2.45, 2.75) is 74.3 Å². The molecule has 1 N–H and O–H groups in total. The van der Waals surface area contributed by atoms with Gasteiger partial charge in [-0.2, -0.15) is 39.3 Å². The number of hydrogen-bond donors (Lipinski definition) is 0. The minimum absolute atomic E-state index is 0. The van der Waals surface area contributed by atoms with E-state index in [2.05, 4.69) is 16.0 Å². The fourth-order valence-corrected chi connectivity index (χ4v) is 0.671. The van der Waals surface area contributed by atoms with Crippen LogP contribution in [0.15, 0.2) is 0 Å². The molecule has 0 aliphatic carbocycles. The second-order valence-electron chi connectivity index (χ2n) is 4.81. The van der Waals surface area contributed by atoms with Crippen LogP contribution in [-0.2, 0) is 22.4 Å². The predicted octanol–water partition coefficient (Wildman–Crippen LogP) is 6.42. The molecule has 1 radical (unpaired) electrons. The van der Waals surface area contributed by atoms with Gasteiger partial charge in [0, 0.05) is 22.4 Å². The maximum absolute atomic E-state index is 7.18. The molecule has 0 bridgehead atoms. The van der Waals surface area contributed by atoms with Gasteiger partial charge in [-0.15, -0.1) is 5.54 Å². The monoisotopic (exact) mass is 483 g/mol. The standard InChI is InChI=1S/C5H12N.3C4H10N.Ta/c1-4-5(2,3)6;3*1-3-5-4-2;/h6H,4H2,1-3H3;3*3-4H2,1-2H3;/q4*-1;. The van der Waals surface area contributed by atoms with E-state index >= 15 is 0 Å². The van der Waals surface area contributed by atoms with Crippen LogP contribution in [0.2, 0.25) is 0 Å². The van der Waals surface area contributed by atoms with Crippen molar-refractivity contribution in [2.75, 3.05) is 39.3 Å². The predicted molar refractivity (Wildman–Crippen MR) is 102 cm³/mol. The van der Waals surface area contributed by atoms with Crippen LogP contribution in [0.5, 0.6) is 0 Å². The van der Waals surface area contributed by atoms with Crippen LogP contribution in [0.1, 0.15) is 68.7 Å². The zero-order valence-corrected chi connectivity index (χ0v) is 20.0. The summed E-state index contributed by atoms with van der Waals surface area (Å²) in [4.78, 5) is 0. The largest absolute Gasteiger partial charge is 0.672 e. The molecule has 0 spiro atoms. The van der Waals surface area contributed by atoms with E-state index in [-0.39, 0.29) is 27.9 Å². The van der Waals surface area contributed by atoms with Gasteiger partial charge in [0.15, 0.2) is 0 Å². The molecule has 5 heteroatoms. The Labute approximate surface area is 157 Å². The maximum atomic E-state index is 7.18. The van der Waals surface area contributed by atoms with Gasteiger partial charge >= 0.3 is 0 Å². The average Bonchev–Trinajstić information content (AvgIpc) is 2.43. The van der Waals surface area contributed by atoms with Crippen LogP contribution in [-0.4, -0.2) is 44.8 Å². The van der Waals surface area contributed by atoms with Crippen molar-refractivity contribution in [2.24, 2.45) is 0 Å². The summed E-state index contributed by atoms with van der Waals surface area (Å²) in [5.74, 6) is 0. The van der Waals surface area contributed by atoms with Gasteiger partial charge in [-0.1, -0.05) is 68.7 Å². The van der Waals surface area contributed by atoms with Gasteiger partial charge in [-0.05, 0) is 0 Å². The first kappa shape index (κ1) is 34.0. The number of rotatable bonds is 7. The van der Waals surface area contributed by atoms with Crippen LogP contribution in [0.3, 0.4) is 0 Å². The number of nitrogens with zero attached hydrogens (tertiary/aromatic N) is 3. The maximum Gasteiger partial charge on any atom is 0 e. The SMILES string of the molecule is CCC(C)(C)[NH-].CC[N-]CC.CC[N-]CC.CC[N-]CC.[Ta]. The van der Waals surface area contributed by atoms with E-state index in [4.69, 9.17) is 5.73 Å². The van der Waals surface area contributed by atoms with Gasteiger partial charge in [0.25, 0.3) is 0 Å². The van der Waals surface area contributed by atoms with Crippen molar-refractivity contribution < 1.29 is 22.4 Å². The van der Waals surface area contributed by atoms with Crippen LogP contribution < -0.4 is 0 Å². The van der Waals surface area contributed by atoms with E-state index in [0.717, 1.165) is 45.7 Å². The Bertz CT molecular complexity index is 119. The van der Waals surface area contributed by atoms with Gasteiger partial charge in [-0.25, -0.2) is 0 Å². The molecular formula is C17H42N4Ta-4. The second-order valence-corrected chi connectivity index (χ2v) is 4.81. The Morgan fingerprint density at radius 2 is 0.727 bits per heavy atom. The fraction of sp³-hybridized carbons (Fsp3) is 1.00. The van der Waals surface area contributed by atoms with Crippen molar-refractivity contribution >= 4 is 0 Å². The quantitative estimate of drug-likeness (QED) is 0.401. The van der Waals surface area contributed by atoms with Crippen molar-refractivity contribution in [1.29, 1.82) is 0 Å². The molecule has 0 aromatic carbocycles. The van der Waals surface area contributed by atoms with Crippen LogP contribution in [0, 0.1) is 0 Å². The minimum atomic E-state index is -0.208. The van der Waals surface area contributed by atoms with Crippen molar-refractivity contribution in [3.05, 3.63) is 21.7 Å². The Kier molecular flexibility index (Phi) is 51.4. The Hall–Kier alpha value is 0.580. The summed E-state index contributed by atoms with van der Waals surface area (Å²) in [5.41, 5.74) is 6.97. The molecule has 139 valence electrons. The molecule has 4 nitrogen and oxygen atoms in total. The van der Waals surface area contributed by atoms with Crippen molar-refractivity contribution in [1.82, 2.24) is 0 Å². The molecule has 0 amide bonds. The fourth-order valence-electron chi connectivity index (χ4n) is 0.671. The Balaban J connectivity index is -0.0000000577. The molecular weight excluding hydrogens is 441 g/mol. The molecule has 0 aliphatic heterocycles. The summed E-state index contributed by atoms with van der Waals surface area (Å²) >= 11 is 0. The van der Waals surface area contributed by atoms with Crippen molar-refractivity contribution in [3.8, 4) is 0 Å². The molecule has 0 fully saturated rings. The molecule has 0 aliphatic rings. The summed E-state index contributed by atoms with van der Waals surface area (Å²) in [6.45, 7) is 23.9. The summed E-state index contributed by atoms with van der Waals surface area (Å²) in [5, 5.41) is 11.9. The van der Waals surface area contributed by atoms with Gasteiger partial charge in [0.2, 0.25) is 0 Å². The average molecular weight is 483 g/mol. The van der Waals surface area contributed by atoms with E-state index in [1.54, 1.807) is 0 Å². The Morgan fingerprint density at radius 3 is 0.727 bits per heavy atom. The zero-order valence-electron chi connectivity index (χ0n) is 16.7. The van der Waals surface area contributed by atoms with Gasteiger partial charge < -0.3 is 21.7 Å². The van der Waals surface area contributed by atoms with Gasteiger partial charge in [-0.3, -0.25) is 0 Å². The molecule has 0 aromatic rings. The van der Waals surface area contributed by atoms with E-state index in [1.807, 2.05) is 62.3 Å². The van der Waals surface area contributed by atoms with Gasteiger partial charge in [0.05, 0.1) is 0 Å². The number of hydrogen-bond acceptors (Lipinski definition) is 0. The third kappa shape index (κ3) is 86.0.